The lowest BCUT2D eigenvalue weighted by Crippen LogP contribution is -2.16. The molecular weight excluding hydrogens is 237 g/mol. The third-order valence-corrected chi connectivity index (χ3v) is 2.78. The Balaban J connectivity index is 3.45. The number of nitrogens with two attached hydrogens (primary N) is 1. The molecule has 18 heavy (non-hydrogen) atoms. The summed E-state index contributed by atoms with van der Waals surface area (Å²) in [5.74, 6) is 0.756. The molecule has 5 heteroatoms. The van der Waals surface area contributed by atoms with Gasteiger partial charge in [-0.25, -0.2) is 4.39 Å². The van der Waals surface area contributed by atoms with Gasteiger partial charge in [0, 0.05) is 12.1 Å². The fraction of sp³-hybridized carbons (Fsp3) is 0.538. The van der Waals surface area contributed by atoms with Crippen LogP contribution in [0.15, 0.2) is 12.1 Å². The van der Waals surface area contributed by atoms with E-state index in [1.807, 2.05) is 0 Å². The van der Waals surface area contributed by atoms with Crippen LogP contribution in [0, 0.1) is 0 Å². The standard InChI is InChI=1S/C13H20FNO3/c1-13(2,14)8-5-9(10(16)7-15)12(18-4)11(6-8)17-3/h5-6,10,16H,7,15H2,1-4H3. The van der Waals surface area contributed by atoms with Crippen molar-refractivity contribution in [3.05, 3.63) is 23.3 Å². The van der Waals surface area contributed by atoms with Crippen LogP contribution in [0.5, 0.6) is 11.5 Å². The van der Waals surface area contributed by atoms with Gasteiger partial charge in [-0.15, -0.1) is 0 Å². The largest absolute Gasteiger partial charge is 0.493 e. The molecule has 1 atom stereocenters. The van der Waals surface area contributed by atoms with E-state index in [2.05, 4.69) is 0 Å². The number of benzene rings is 1. The van der Waals surface area contributed by atoms with E-state index in [1.165, 1.54) is 28.1 Å². The normalized spacial score (nSPS) is 13.3. The van der Waals surface area contributed by atoms with Crippen LogP contribution in [0.3, 0.4) is 0 Å². The number of rotatable bonds is 5. The van der Waals surface area contributed by atoms with Gasteiger partial charge in [-0.3, -0.25) is 0 Å². The molecule has 1 aromatic carbocycles. The second-order valence-electron chi connectivity index (χ2n) is 4.52. The van der Waals surface area contributed by atoms with Crippen LogP contribution in [0.2, 0.25) is 0 Å². The van der Waals surface area contributed by atoms with E-state index in [0.717, 1.165) is 0 Å². The number of ether oxygens (including phenoxy) is 2. The quantitative estimate of drug-likeness (QED) is 0.845. The Kier molecular flexibility index (Phi) is 4.53. The summed E-state index contributed by atoms with van der Waals surface area (Å²) in [5.41, 5.74) is 4.73. The maximum absolute atomic E-state index is 14.0. The Morgan fingerprint density at radius 2 is 1.94 bits per heavy atom. The smallest absolute Gasteiger partial charge is 0.166 e. The summed E-state index contributed by atoms with van der Waals surface area (Å²) in [6.07, 6.45) is -0.920. The lowest BCUT2D eigenvalue weighted by Gasteiger charge is -2.22. The summed E-state index contributed by atoms with van der Waals surface area (Å²) >= 11 is 0. The molecule has 4 nitrogen and oxygen atoms in total. The highest BCUT2D eigenvalue weighted by atomic mass is 19.1. The molecule has 0 aliphatic rings. The summed E-state index contributed by atoms with van der Waals surface area (Å²) in [4.78, 5) is 0. The van der Waals surface area contributed by atoms with Gasteiger partial charge in [-0.2, -0.15) is 0 Å². The van der Waals surface area contributed by atoms with E-state index in [1.54, 1.807) is 12.1 Å². The van der Waals surface area contributed by atoms with Crippen molar-refractivity contribution in [2.24, 2.45) is 5.73 Å². The van der Waals surface area contributed by atoms with Gasteiger partial charge < -0.3 is 20.3 Å². The molecule has 1 unspecified atom stereocenters. The first-order valence-electron chi connectivity index (χ1n) is 5.68. The first kappa shape index (κ1) is 14.7. The van der Waals surface area contributed by atoms with Gasteiger partial charge in [0.15, 0.2) is 11.5 Å². The Bertz CT molecular complexity index is 415. The van der Waals surface area contributed by atoms with Crippen molar-refractivity contribution >= 4 is 0 Å². The minimum atomic E-state index is -1.54. The molecule has 0 saturated heterocycles. The Morgan fingerprint density at radius 3 is 2.33 bits per heavy atom. The number of methoxy groups -OCH3 is 2. The molecule has 0 aromatic heterocycles. The van der Waals surface area contributed by atoms with E-state index in [-0.39, 0.29) is 6.54 Å². The third-order valence-electron chi connectivity index (χ3n) is 2.78. The van der Waals surface area contributed by atoms with Crippen LogP contribution in [-0.2, 0) is 5.67 Å². The van der Waals surface area contributed by atoms with E-state index in [9.17, 15) is 9.50 Å². The Hall–Kier alpha value is -1.33. The van der Waals surface area contributed by atoms with Gasteiger partial charge in [-0.05, 0) is 31.5 Å². The van der Waals surface area contributed by atoms with Gasteiger partial charge in [-0.1, -0.05) is 0 Å². The number of alkyl halides is 1. The number of hydrogen-bond donors (Lipinski definition) is 2. The van der Waals surface area contributed by atoms with Crippen molar-refractivity contribution in [2.75, 3.05) is 20.8 Å². The van der Waals surface area contributed by atoms with Crippen LogP contribution in [0.1, 0.15) is 31.1 Å². The van der Waals surface area contributed by atoms with Gasteiger partial charge in [0.05, 0.1) is 20.3 Å². The summed E-state index contributed by atoms with van der Waals surface area (Å²) in [5, 5.41) is 9.87. The molecule has 102 valence electrons. The molecular formula is C13H20FNO3. The molecule has 0 aliphatic heterocycles. The summed E-state index contributed by atoms with van der Waals surface area (Å²) in [7, 11) is 2.93. The molecule has 1 aromatic rings. The van der Waals surface area contributed by atoms with Crippen molar-refractivity contribution in [2.45, 2.75) is 25.6 Å². The molecule has 0 radical (unpaired) electrons. The summed E-state index contributed by atoms with van der Waals surface area (Å²) in [6.45, 7) is 2.90. The van der Waals surface area contributed by atoms with Crippen LogP contribution >= 0.6 is 0 Å². The van der Waals surface area contributed by atoms with Gasteiger partial charge >= 0.3 is 0 Å². The molecule has 0 aliphatic carbocycles. The summed E-state index contributed by atoms with van der Waals surface area (Å²) < 4.78 is 24.4. The van der Waals surface area contributed by atoms with Crippen molar-refractivity contribution in [1.82, 2.24) is 0 Å². The van der Waals surface area contributed by atoms with Crippen LogP contribution in [0.25, 0.3) is 0 Å². The zero-order chi connectivity index (χ0) is 13.9. The first-order valence-corrected chi connectivity index (χ1v) is 5.68. The van der Waals surface area contributed by atoms with E-state index < -0.39 is 11.8 Å². The number of hydrogen-bond acceptors (Lipinski definition) is 4. The van der Waals surface area contributed by atoms with E-state index in [4.69, 9.17) is 15.2 Å². The molecule has 0 spiro atoms. The van der Waals surface area contributed by atoms with Gasteiger partial charge in [0.25, 0.3) is 0 Å². The second kappa shape index (κ2) is 5.54. The maximum Gasteiger partial charge on any atom is 0.166 e. The maximum atomic E-state index is 14.0. The molecule has 0 saturated carbocycles. The fourth-order valence-electron chi connectivity index (χ4n) is 1.71. The average molecular weight is 257 g/mol. The lowest BCUT2D eigenvalue weighted by molar-refractivity contribution is 0.179. The molecule has 0 fully saturated rings. The van der Waals surface area contributed by atoms with Crippen molar-refractivity contribution < 1.29 is 19.0 Å². The summed E-state index contributed by atoms with van der Waals surface area (Å²) in [6, 6.07) is 3.12. The number of halogens is 1. The van der Waals surface area contributed by atoms with Crippen LogP contribution in [-0.4, -0.2) is 25.9 Å². The van der Waals surface area contributed by atoms with Gasteiger partial charge in [0.2, 0.25) is 0 Å². The number of aliphatic hydroxyl groups excluding tert-OH is 1. The van der Waals surface area contributed by atoms with E-state index >= 15 is 0 Å². The minimum Gasteiger partial charge on any atom is -0.493 e. The van der Waals surface area contributed by atoms with E-state index in [0.29, 0.717) is 22.6 Å². The fourth-order valence-corrected chi connectivity index (χ4v) is 1.71. The monoisotopic (exact) mass is 257 g/mol. The first-order chi connectivity index (χ1) is 8.35. The second-order valence-corrected chi connectivity index (χ2v) is 4.52. The van der Waals surface area contributed by atoms with Crippen molar-refractivity contribution in [1.29, 1.82) is 0 Å². The lowest BCUT2D eigenvalue weighted by atomic mass is 9.95. The molecule has 1 rings (SSSR count). The predicted octanol–water partition coefficient (Wildman–Crippen LogP) is 1.90. The highest BCUT2D eigenvalue weighted by Crippen LogP contribution is 2.39. The molecule has 0 amide bonds. The topological polar surface area (TPSA) is 64.7 Å². The van der Waals surface area contributed by atoms with Crippen LogP contribution < -0.4 is 15.2 Å². The Labute approximate surface area is 107 Å². The SMILES string of the molecule is COc1cc(C(C)(C)F)cc(C(O)CN)c1OC. The molecule has 3 N–H and O–H groups in total. The predicted molar refractivity (Wildman–Crippen MR) is 67.7 cm³/mol. The highest BCUT2D eigenvalue weighted by molar-refractivity contribution is 5.51. The van der Waals surface area contributed by atoms with Crippen molar-refractivity contribution in [3.8, 4) is 11.5 Å². The van der Waals surface area contributed by atoms with Crippen molar-refractivity contribution in [3.63, 3.8) is 0 Å². The third kappa shape index (κ3) is 2.91. The van der Waals surface area contributed by atoms with Crippen LogP contribution in [0.4, 0.5) is 4.39 Å². The average Bonchev–Trinajstić information content (AvgIpc) is 2.34. The zero-order valence-electron chi connectivity index (χ0n) is 11.2. The Morgan fingerprint density at radius 1 is 1.33 bits per heavy atom. The minimum absolute atomic E-state index is 0.0235. The number of aliphatic hydroxyl groups is 1. The van der Waals surface area contributed by atoms with Gasteiger partial charge in [0.1, 0.15) is 5.67 Å². The zero-order valence-corrected chi connectivity index (χ0v) is 11.2. The highest BCUT2D eigenvalue weighted by Gasteiger charge is 2.25. The molecule has 0 bridgehead atoms. The molecule has 0 heterocycles.